The van der Waals surface area contributed by atoms with Crippen molar-refractivity contribution in [3.05, 3.63) is 33.8 Å². The van der Waals surface area contributed by atoms with Crippen molar-refractivity contribution in [1.82, 2.24) is 4.90 Å². The van der Waals surface area contributed by atoms with Gasteiger partial charge in [-0.25, -0.2) is 0 Å². The topological polar surface area (TPSA) is 37.4 Å². The number of carbonyl (C=O) groups is 2. The van der Waals surface area contributed by atoms with Crippen LogP contribution in [0.3, 0.4) is 0 Å². The van der Waals surface area contributed by atoms with Gasteiger partial charge in [0.1, 0.15) is 0 Å². The molecule has 0 radical (unpaired) electrons. The number of hydrogen-bond acceptors (Lipinski definition) is 2. The lowest BCUT2D eigenvalue weighted by Gasteiger charge is -2.09. The first kappa shape index (κ1) is 11.4. The van der Waals surface area contributed by atoms with Gasteiger partial charge in [0.25, 0.3) is 0 Å². The predicted molar refractivity (Wildman–Crippen MR) is 61.6 cm³/mol. The van der Waals surface area contributed by atoms with E-state index in [1.54, 1.807) is 18.2 Å². The molecule has 5 heteroatoms. The van der Waals surface area contributed by atoms with E-state index >= 15 is 0 Å². The molecule has 0 bridgehead atoms. The van der Waals surface area contributed by atoms with Crippen LogP contribution in [-0.2, 0) is 9.59 Å². The summed E-state index contributed by atoms with van der Waals surface area (Å²) in [4.78, 5) is 24.3. The van der Waals surface area contributed by atoms with Gasteiger partial charge in [0.05, 0.1) is 16.0 Å². The summed E-state index contributed by atoms with van der Waals surface area (Å²) < 4.78 is 0. The highest BCUT2D eigenvalue weighted by molar-refractivity contribution is 6.42. The maximum Gasteiger partial charge on any atom is 0.236 e. The molecule has 2 amide bonds. The summed E-state index contributed by atoms with van der Waals surface area (Å²) in [6.07, 6.45) is 0.202. The molecule has 2 rings (SSSR count). The second kappa shape index (κ2) is 4.07. The Kier molecular flexibility index (Phi) is 2.91. The van der Waals surface area contributed by atoms with Crippen molar-refractivity contribution in [3.63, 3.8) is 0 Å². The molecular formula is C11H9Cl2NO2. The molecule has 1 heterocycles. The third-order valence-electron chi connectivity index (χ3n) is 2.73. The first-order valence-electron chi connectivity index (χ1n) is 4.76. The van der Waals surface area contributed by atoms with E-state index < -0.39 is 5.92 Å². The predicted octanol–water partition coefficient (Wildman–Crippen LogP) is 2.47. The van der Waals surface area contributed by atoms with Crippen LogP contribution in [0.4, 0.5) is 0 Å². The maximum atomic E-state index is 11.7. The van der Waals surface area contributed by atoms with Crippen molar-refractivity contribution in [2.24, 2.45) is 0 Å². The summed E-state index contributed by atoms with van der Waals surface area (Å²) in [6, 6.07) is 5.00. The van der Waals surface area contributed by atoms with Gasteiger partial charge in [-0.1, -0.05) is 29.3 Å². The van der Waals surface area contributed by atoms with Crippen molar-refractivity contribution in [1.29, 1.82) is 0 Å². The molecule has 0 saturated carbocycles. The van der Waals surface area contributed by atoms with Gasteiger partial charge in [-0.05, 0) is 17.7 Å². The molecule has 1 aromatic carbocycles. The molecule has 1 aliphatic heterocycles. The van der Waals surface area contributed by atoms with E-state index in [9.17, 15) is 9.59 Å². The maximum absolute atomic E-state index is 11.7. The number of rotatable bonds is 1. The Morgan fingerprint density at radius 3 is 2.44 bits per heavy atom. The third-order valence-corrected chi connectivity index (χ3v) is 3.47. The van der Waals surface area contributed by atoms with E-state index in [1.165, 1.54) is 7.05 Å². The van der Waals surface area contributed by atoms with Gasteiger partial charge in [-0.15, -0.1) is 0 Å². The minimum Gasteiger partial charge on any atom is -0.285 e. The average molecular weight is 258 g/mol. The summed E-state index contributed by atoms with van der Waals surface area (Å²) in [5, 5.41) is 0.838. The van der Waals surface area contributed by atoms with Crippen LogP contribution in [0.1, 0.15) is 17.9 Å². The summed E-state index contributed by atoms with van der Waals surface area (Å²) >= 11 is 11.7. The zero-order valence-corrected chi connectivity index (χ0v) is 10.0. The highest BCUT2D eigenvalue weighted by Crippen LogP contribution is 2.32. The summed E-state index contributed by atoms with van der Waals surface area (Å²) in [5.74, 6) is -0.781. The summed E-state index contributed by atoms with van der Waals surface area (Å²) in [7, 11) is 1.49. The van der Waals surface area contributed by atoms with E-state index in [0.29, 0.717) is 10.0 Å². The fourth-order valence-corrected chi connectivity index (χ4v) is 2.05. The number of likely N-dealkylation sites (N-methyl/N-ethyl adjacent to an activating group) is 1. The van der Waals surface area contributed by atoms with Gasteiger partial charge in [0, 0.05) is 13.5 Å². The summed E-state index contributed by atoms with van der Waals surface area (Å²) in [6.45, 7) is 0. The Balaban J connectivity index is 2.35. The van der Waals surface area contributed by atoms with Gasteiger partial charge < -0.3 is 0 Å². The molecule has 84 valence electrons. The van der Waals surface area contributed by atoms with Crippen LogP contribution in [0.25, 0.3) is 0 Å². The van der Waals surface area contributed by atoms with Crippen molar-refractivity contribution >= 4 is 35.0 Å². The van der Waals surface area contributed by atoms with Crippen LogP contribution in [0.15, 0.2) is 18.2 Å². The van der Waals surface area contributed by atoms with Crippen LogP contribution >= 0.6 is 23.2 Å². The SMILES string of the molecule is CN1C(=O)CC(c2ccc(Cl)c(Cl)c2)C1=O. The first-order chi connectivity index (χ1) is 7.50. The Labute approximate surface area is 103 Å². The number of halogens is 2. The van der Waals surface area contributed by atoms with Gasteiger partial charge >= 0.3 is 0 Å². The molecule has 1 fully saturated rings. The highest BCUT2D eigenvalue weighted by atomic mass is 35.5. The molecule has 0 aliphatic carbocycles. The van der Waals surface area contributed by atoms with Gasteiger partial charge in [0.2, 0.25) is 11.8 Å². The molecule has 0 spiro atoms. The van der Waals surface area contributed by atoms with Crippen molar-refractivity contribution in [3.8, 4) is 0 Å². The van der Waals surface area contributed by atoms with Crippen molar-refractivity contribution < 1.29 is 9.59 Å². The number of hydrogen-bond donors (Lipinski definition) is 0. The smallest absolute Gasteiger partial charge is 0.236 e. The molecular weight excluding hydrogens is 249 g/mol. The molecule has 3 nitrogen and oxygen atoms in total. The van der Waals surface area contributed by atoms with Gasteiger partial charge in [-0.3, -0.25) is 14.5 Å². The highest BCUT2D eigenvalue weighted by Gasteiger charge is 2.37. The number of likely N-dealkylation sites (tertiary alicyclic amines) is 1. The lowest BCUT2D eigenvalue weighted by Crippen LogP contribution is -2.25. The molecule has 0 aromatic heterocycles. The normalized spacial score (nSPS) is 20.7. The largest absolute Gasteiger partial charge is 0.285 e. The van der Waals surface area contributed by atoms with E-state index in [2.05, 4.69) is 0 Å². The van der Waals surface area contributed by atoms with Crippen LogP contribution < -0.4 is 0 Å². The standard InChI is InChI=1S/C11H9Cl2NO2/c1-14-10(15)5-7(11(14)16)6-2-3-8(12)9(13)4-6/h2-4,7H,5H2,1H3. The van der Waals surface area contributed by atoms with Crippen LogP contribution in [0.5, 0.6) is 0 Å². The number of nitrogens with zero attached hydrogens (tertiary/aromatic N) is 1. The Hall–Kier alpha value is -1.06. The number of benzene rings is 1. The van der Waals surface area contributed by atoms with Crippen LogP contribution in [0.2, 0.25) is 10.0 Å². The molecule has 1 aromatic rings. The third kappa shape index (κ3) is 1.81. The first-order valence-corrected chi connectivity index (χ1v) is 5.51. The van der Waals surface area contributed by atoms with Crippen molar-refractivity contribution in [2.75, 3.05) is 7.05 Å². The Morgan fingerprint density at radius 2 is 1.94 bits per heavy atom. The number of imide groups is 1. The number of carbonyl (C=O) groups excluding carboxylic acids is 2. The van der Waals surface area contributed by atoms with E-state index in [1.807, 2.05) is 0 Å². The fraction of sp³-hybridized carbons (Fsp3) is 0.273. The zero-order valence-electron chi connectivity index (χ0n) is 8.54. The molecule has 16 heavy (non-hydrogen) atoms. The minimum absolute atomic E-state index is 0.166. The lowest BCUT2D eigenvalue weighted by molar-refractivity contribution is -0.137. The quantitative estimate of drug-likeness (QED) is 0.725. The van der Waals surface area contributed by atoms with Crippen LogP contribution in [0, 0.1) is 0 Å². The molecule has 1 unspecified atom stereocenters. The van der Waals surface area contributed by atoms with Crippen LogP contribution in [-0.4, -0.2) is 23.8 Å². The van der Waals surface area contributed by atoms with E-state index in [-0.39, 0.29) is 18.2 Å². The minimum atomic E-state index is -0.424. The van der Waals surface area contributed by atoms with E-state index in [0.717, 1.165) is 10.5 Å². The Bertz CT molecular complexity index is 473. The monoisotopic (exact) mass is 257 g/mol. The average Bonchev–Trinajstić information content (AvgIpc) is 2.50. The van der Waals surface area contributed by atoms with E-state index in [4.69, 9.17) is 23.2 Å². The fourth-order valence-electron chi connectivity index (χ4n) is 1.75. The zero-order chi connectivity index (χ0) is 11.9. The second-order valence-corrected chi connectivity index (χ2v) is 4.54. The Morgan fingerprint density at radius 1 is 1.25 bits per heavy atom. The lowest BCUT2D eigenvalue weighted by atomic mass is 9.98. The number of amides is 2. The van der Waals surface area contributed by atoms with Gasteiger partial charge in [-0.2, -0.15) is 0 Å². The molecule has 1 atom stereocenters. The van der Waals surface area contributed by atoms with Gasteiger partial charge in [0.15, 0.2) is 0 Å². The molecule has 0 N–H and O–H groups in total. The molecule has 1 aliphatic rings. The van der Waals surface area contributed by atoms with Crippen molar-refractivity contribution in [2.45, 2.75) is 12.3 Å². The molecule has 1 saturated heterocycles. The summed E-state index contributed by atoms with van der Waals surface area (Å²) in [5.41, 5.74) is 0.733. The second-order valence-electron chi connectivity index (χ2n) is 3.72.